The first-order valence-corrected chi connectivity index (χ1v) is 8.85. The predicted octanol–water partition coefficient (Wildman–Crippen LogP) is 2.88. The molecule has 2 aromatic rings. The quantitative estimate of drug-likeness (QED) is 0.889. The van der Waals surface area contributed by atoms with Gasteiger partial charge in [0, 0.05) is 22.4 Å². The number of piperidine rings is 3. The first kappa shape index (κ1) is 13.7. The van der Waals surface area contributed by atoms with Crippen LogP contribution in [0.5, 0.6) is 0 Å². The molecule has 3 saturated heterocycles. The summed E-state index contributed by atoms with van der Waals surface area (Å²) < 4.78 is 5.37. The number of halogens is 1. The Morgan fingerprint density at radius 3 is 2.90 bits per heavy atom. The average Bonchev–Trinajstić information content (AvgIpc) is 2.91. The normalized spacial score (nSPS) is 28.0. The lowest BCUT2D eigenvalue weighted by Gasteiger charge is -2.44. The average molecular weight is 366 g/mol. The number of fused-ring (bicyclic) bond motifs is 4. The smallest absolute Gasteiger partial charge is 0.263 e. The first-order valence-electron chi connectivity index (χ1n) is 7.29. The predicted molar refractivity (Wildman–Crippen MR) is 87.7 cm³/mol. The third-order valence-electron chi connectivity index (χ3n) is 4.62. The van der Waals surface area contributed by atoms with Gasteiger partial charge in [0.15, 0.2) is 0 Å². The summed E-state index contributed by atoms with van der Waals surface area (Å²) in [5, 5.41) is 4.18. The fraction of sp³-hybridized carbons (Fsp3) is 0.467. The van der Waals surface area contributed by atoms with Crippen molar-refractivity contribution in [1.82, 2.24) is 14.6 Å². The SMILES string of the molecule is O=C(N[C@@H]1CN2CCC1CC2)c1snc2cc(Br)ccc12. The van der Waals surface area contributed by atoms with E-state index in [4.69, 9.17) is 0 Å². The van der Waals surface area contributed by atoms with Crippen molar-refractivity contribution in [2.45, 2.75) is 18.9 Å². The largest absolute Gasteiger partial charge is 0.347 e. The molecule has 0 saturated carbocycles. The summed E-state index contributed by atoms with van der Waals surface area (Å²) in [4.78, 5) is 15.8. The fourth-order valence-corrected chi connectivity index (χ4v) is 4.55. The lowest BCUT2D eigenvalue weighted by molar-refractivity contribution is 0.0623. The van der Waals surface area contributed by atoms with Crippen LogP contribution in [0.15, 0.2) is 22.7 Å². The van der Waals surface area contributed by atoms with E-state index in [1.54, 1.807) is 0 Å². The number of nitrogens with one attached hydrogen (secondary N) is 1. The van der Waals surface area contributed by atoms with Gasteiger partial charge in [0.1, 0.15) is 4.88 Å². The molecule has 3 aliphatic heterocycles. The topological polar surface area (TPSA) is 45.2 Å². The zero-order valence-corrected chi connectivity index (χ0v) is 13.9. The molecule has 0 radical (unpaired) electrons. The molecule has 5 rings (SSSR count). The van der Waals surface area contributed by atoms with Crippen LogP contribution >= 0.6 is 27.5 Å². The molecule has 1 amide bonds. The molecule has 3 aliphatic rings. The Morgan fingerprint density at radius 2 is 2.19 bits per heavy atom. The van der Waals surface area contributed by atoms with Crippen LogP contribution in [-0.2, 0) is 0 Å². The number of benzene rings is 1. The van der Waals surface area contributed by atoms with Crippen molar-refractivity contribution in [1.29, 1.82) is 0 Å². The minimum absolute atomic E-state index is 0.0311. The third kappa shape index (κ3) is 2.49. The lowest BCUT2D eigenvalue weighted by atomic mass is 9.84. The Balaban J connectivity index is 1.56. The van der Waals surface area contributed by atoms with Crippen LogP contribution in [0.25, 0.3) is 10.9 Å². The number of amides is 1. The molecule has 4 heterocycles. The van der Waals surface area contributed by atoms with Gasteiger partial charge in [-0.3, -0.25) is 4.79 Å². The van der Waals surface area contributed by atoms with Crippen molar-refractivity contribution < 1.29 is 4.79 Å². The van der Waals surface area contributed by atoms with Gasteiger partial charge in [0.2, 0.25) is 0 Å². The summed E-state index contributed by atoms with van der Waals surface area (Å²) in [5.74, 6) is 0.677. The van der Waals surface area contributed by atoms with Gasteiger partial charge in [-0.15, -0.1) is 0 Å². The van der Waals surface area contributed by atoms with Gasteiger partial charge in [-0.05, 0) is 61.6 Å². The van der Waals surface area contributed by atoms with Gasteiger partial charge in [-0.25, -0.2) is 0 Å². The Bertz CT molecular complexity index is 693. The van der Waals surface area contributed by atoms with Crippen LogP contribution in [0.4, 0.5) is 0 Å². The van der Waals surface area contributed by atoms with E-state index in [-0.39, 0.29) is 5.91 Å². The standard InChI is InChI=1S/C15H16BrN3OS/c16-10-1-2-11-12(7-10)18-21-14(11)15(20)17-13-8-19-5-3-9(13)4-6-19/h1-2,7,9,13H,3-6,8H2,(H,17,20)/t13-/m1/s1. The Labute approximate surface area is 135 Å². The molecular formula is C15H16BrN3OS. The van der Waals surface area contributed by atoms with E-state index in [2.05, 4.69) is 30.5 Å². The first-order chi connectivity index (χ1) is 10.2. The third-order valence-corrected chi connectivity index (χ3v) is 5.99. The lowest BCUT2D eigenvalue weighted by Crippen LogP contribution is -2.57. The molecule has 4 nitrogen and oxygen atoms in total. The molecule has 1 aromatic carbocycles. The van der Waals surface area contributed by atoms with Crippen molar-refractivity contribution in [2.24, 2.45) is 5.92 Å². The van der Waals surface area contributed by atoms with E-state index in [1.165, 1.54) is 37.5 Å². The number of carbonyl (C=O) groups is 1. The molecule has 2 bridgehead atoms. The molecule has 21 heavy (non-hydrogen) atoms. The molecule has 110 valence electrons. The molecule has 0 aliphatic carbocycles. The number of carbonyl (C=O) groups excluding carboxylic acids is 1. The van der Waals surface area contributed by atoms with Gasteiger partial charge in [0.25, 0.3) is 5.91 Å². The van der Waals surface area contributed by atoms with E-state index in [0.717, 1.165) is 26.8 Å². The summed E-state index contributed by atoms with van der Waals surface area (Å²) in [6, 6.07) is 6.18. The van der Waals surface area contributed by atoms with E-state index < -0.39 is 0 Å². The van der Waals surface area contributed by atoms with Gasteiger partial charge >= 0.3 is 0 Å². The van der Waals surface area contributed by atoms with Gasteiger partial charge in [-0.2, -0.15) is 4.37 Å². The maximum atomic E-state index is 12.6. The highest BCUT2D eigenvalue weighted by Gasteiger charge is 2.35. The van der Waals surface area contributed by atoms with Crippen LogP contribution in [0, 0.1) is 5.92 Å². The van der Waals surface area contributed by atoms with Crippen LogP contribution < -0.4 is 5.32 Å². The number of aromatic nitrogens is 1. The Kier molecular flexibility index (Phi) is 3.47. The zero-order chi connectivity index (χ0) is 14.4. The number of nitrogens with zero attached hydrogens (tertiary/aromatic N) is 2. The molecule has 1 aromatic heterocycles. The molecule has 0 unspecified atom stereocenters. The fourth-order valence-electron chi connectivity index (χ4n) is 3.44. The van der Waals surface area contributed by atoms with Gasteiger partial charge < -0.3 is 10.2 Å². The summed E-state index contributed by atoms with van der Waals surface area (Å²) >= 11 is 4.73. The second kappa shape index (κ2) is 5.34. The van der Waals surface area contributed by atoms with E-state index in [1.807, 2.05) is 18.2 Å². The molecule has 1 atom stereocenters. The highest BCUT2D eigenvalue weighted by atomic mass is 79.9. The monoisotopic (exact) mass is 365 g/mol. The maximum absolute atomic E-state index is 12.6. The summed E-state index contributed by atoms with van der Waals surface area (Å²) in [7, 11) is 0. The van der Waals surface area contributed by atoms with E-state index in [0.29, 0.717) is 12.0 Å². The van der Waals surface area contributed by atoms with Crippen molar-refractivity contribution in [2.75, 3.05) is 19.6 Å². The highest BCUT2D eigenvalue weighted by molar-refractivity contribution is 9.10. The van der Waals surface area contributed by atoms with E-state index >= 15 is 0 Å². The molecular weight excluding hydrogens is 350 g/mol. The van der Waals surface area contributed by atoms with Gasteiger partial charge in [-0.1, -0.05) is 15.9 Å². The highest BCUT2D eigenvalue weighted by Crippen LogP contribution is 2.29. The molecule has 1 N–H and O–H groups in total. The van der Waals surface area contributed by atoms with Crippen LogP contribution in [-0.4, -0.2) is 40.9 Å². The van der Waals surface area contributed by atoms with Crippen LogP contribution in [0.2, 0.25) is 0 Å². The molecule has 6 heteroatoms. The number of hydrogen-bond acceptors (Lipinski definition) is 4. The minimum Gasteiger partial charge on any atom is -0.347 e. The van der Waals surface area contributed by atoms with Gasteiger partial charge in [0.05, 0.1) is 5.52 Å². The second-order valence-electron chi connectivity index (χ2n) is 5.89. The van der Waals surface area contributed by atoms with Crippen molar-refractivity contribution in [3.8, 4) is 0 Å². The Morgan fingerprint density at radius 1 is 1.38 bits per heavy atom. The van der Waals surface area contributed by atoms with Crippen LogP contribution in [0.3, 0.4) is 0 Å². The zero-order valence-electron chi connectivity index (χ0n) is 11.5. The summed E-state index contributed by atoms with van der Waals surface area (Å²) in [6.45, 7) is 3.38. The number of hydrogen-bond donors (Lipinski definition) is 1. The minimum atomic E-state index is 0.0311. The second-order valence-corrected chi connectivity index (χ2v) is 7.58. The van der Waals surface area contributed by atoms with Crippen LogP contribution in [0.1, 0.15) is 22.5 Å². The Hall–Kier alpha value is -0.980. The number of rotatable bonds is 2. The summed E-state index contributed by atoms with van der Waals surface area (Å²) in [6.07, 6.45) is 2.42. The van der Waals surface area contributed by atoms with Crippen molar-refractivity contribution >= 4 is 44.3 Å². The van der Waals surface area contributed by atoms with Crippen molar-refractivity contribution in [3.05, 3.63) is 27.5 Å². The maximum Gasteiger partial charge on any atom is 0.263 e. The van der Waals surface area contributed by atoms with Crippen molar-refractivity contribution in [3.63, 3.8) is 0 Å². The molecule has 3 fully saturated rings. The molecule has 0 spiro atoms. The van der Waals surface area contributed by atoms with E-state index in [9.17, 15) is 4.79 Å². The summed E-state index contributed by atoms with van der Waals surface area (Å²) in [5.41, 5.74) is 0.883.